The molecule has 0 radical (unpaired) electrons. The molecule has 1 aromatic heterocycles. The molecule has 1 heterocycles. The van der Waals surface area contributed by atoms with Crippen LogP contribution in [0.5, 0.6) is 11.5 Å². The maximum atomic E-state index is 5.61. The molecule has 0 aliphatic carbocycles. The Balaban J connectivity index is 1.71. The highest BCUT2D eigenvalue weighted by Gasteiger charge is 1.97. The van der Waals surface area contributed by atoms with Gasteiger partial charge >= 0.3 is 0 Å². The molecule has 0 unspecified atom stereocenters. The number of hydrogen-bond acceptors (Lipinski definition) is 4. The predicted octanol–water partition coefficient (Wildman–Crippen LogP) is 1.94. The van der Waals surface area contributed by atoms with Crippen LogP contribution in [-0.4, -0.2) is 23.5 Å². The molecule has 0 spiro atoms. The van der Waals surface area contributed by atoms with Gasteiger partial charge in [-0.15, -0.1) is 0 Å². The topological polar surface area (TPSA) is 62.3 Å². The summed E-state index contributed by atoms with van der Waals surface area (Å²) in [5.74, 6) is 2.22. The van der Waals surface area contributed by atoms with E-state index < -0.39 is 0 Å². The fourth-order valence-electron chi connectivity index (χ4n) is 1.59. The van der Waals surface area contributed by atoms with Crippen LogP contribution < -0.4 is 15.2 Å². The van der Waals surface area contributed by atoms with Crippen LogP contribution in [0.2, 0.25) is 0 Å². The van der Waals surface area contributed by atoms with Gasteiger partial charge in [-0.3, -0.25) is 4.68 Å². The van der Waals surface area contributed by atoms with E-state index >= 15 is 0 Å². The minimum absolute atomic E-state index is 0.547. The van der Waals surface area contributed by atoms with Crippen LogP contribution in [0, 0.1) is 0 Å². The van der Waals surface area contributed by atoms with Gasteiger partial charge in [0.05, 0.1) is 13.7 Å². The van der Waals surface area contributed by atoms with Crippen molar-refractivity contribution in [3.8, 4) is 11.5 Å². The number of rotatable bonds is 6. The van der Waals surface area contributed by atoms with Crippen LogP contribution >= 0.6 is 0 Å². The Hall–Kier alpha value is -2.17. The third kappa shape index (κ3) is 3.41. The van der Waals surface area contributed by atoms with E-state index in [1.165, 1.54) is 0 Å². The first-order valence-electron chi connectivity index (χ1n) is 5.84. The van der Waals surface area contributed by atoms with Crippen LogP contribution in [-0.2, 0) is 6.54 Å². The Labute approximate surface area is 106 Å². The van der Waals surface area contributed by atoms with Crippen molar-refractivity contribution in [2.75, 3.05) is 19.5 Å². The molecule has 2 rings (SSSR count). The van der Waals surface area contributed by atoms with Crippen molar-refractivity contribution >= 4 is 5.82 Å². The zero-order valence-corrected chi connectivity index (χ0v) is 10.4. The minimum atomic E-state index is 0.547. The Kier molecular flexibility index (Phi) is 4.06. The molecule has 2 N–H and O–H groups in total. The quantitative estimate of drug-likeness (QED) is 0.792. The normalized spacial score (nSPS) is 10.3. The molecule has 0 atom stereocenters. The van der Waals surface area contributed by atoms with Crippen LogP contribution in [0.4, 0.5) is 5.82 Å². The second kappa shape index (κ2) is 5.95. The molecule has 0 bridgehead atoms. The van der Waals surface area contributed by atoms with Gasteiger partial charge in [0, 0.05) is 19.2 Å². The number of hydrogen-bond donors (Lipinski definition) is 1. The number of nitrogen functional groups attached to an aromatic ring is 1. The average molecular weight is 247 g/mol. The zero-order valence-electron chi connectivity index (χ0n) is 10.4. The summed E-state index contributed by atoms with van der Waals surface area (Å²) >= 11 is 0. The van der Waals surface area contributed by atoms with Gasteiger partial charge in [-0.1, -0.05) is 0 Å². The van der Waals surface area contributed by atoms with E-state index in [9.17, 15) is 0 Å². The van der Waals surface area contributed by atoms with E-state index in [0.717, 1.165) is 24.5 Å². The average Bonchev–Trinajstić information content (AvgIpc) is 2.81. The van der Waals surface area contributed by atoms with Crippen molar-refractivity contribution < 1.29 is 9.47 Å². The Morgan fingerprint density at radius 1 is 1.17 bits per heavy atom. The lowest BCUT2D eigenvalue weighted by atomic mass is 10.3. The van der Waals surface area contributed by atoms with Crippen molar-refractivity contribution in [2.45, 2.75) is 13.0 Å². The summed E-state index contributed by atoms with van der Waals surface area (Å²) in [6, 6.07) is 9.33. The maximum Gasteiger partial charge on any atom is 0.145 e. The first-order chi connectivity index (χ1) is 8.78. The second-order valence-electron chi connectivity index (χ2n) is 3.88. The minimum Gasteiger partial charge on any atom is -0.497 e. The summed E-state index contributed by atoms with van der Waals surface area (Å²) < 4.78 is 12.5. The van der Waals surface area contributed by atoms with Gasteiger partial charge in [0.1, 0.15) is 17.3 Å². The standard InChI is InChI=1S/C13H17N3O2/c1-17-11-3-5-12(6-4-11)18-10-2-8-16-9-7-13(14)15-16/h3-7,9H,2,8,10H2,1H3,(H2,14,15). The molecule has 0 amide bonds. The van der Waals surface area contributed by atoms with E-state index in [-0.39, 0.29) is 0 Å². The van der Waals surface area contributed by atoms with Gasteiger partial charge in [-0.2, -0.15) is 5.10 Å². The fraction of sp³-hybridized carbons (Fsp3) is 0.308. The highest BCUT2D eigenvalue weighted by Crippen LogP contribution is 2.17. The van der Waals surface area contributed by atoms with Crippen LogP contribution in [0.3, 0.4) is 0 Å². The fourth-order valence-corrected chi connectivity index (χ4v) is 1.59. The predicted molar refractivity (Wildman–Crippen MR) is 69.7 cm³/mol. The molecule has 0 saturated carbocycles. The highest BCUT2D eigenvalue weighted by molar-refractivity contribution is 5.31. The van der Waals surface area contributed by atoms with Crippen molar-refractivity contribution in [1.82, 2.24) is 9.78 Å². The van der Waals surface area contributed by atoms with Crippen molar-refractivity contribution in [1.29, 1.82) is 0 Å². The number of ether oxygens (including phenoxy) is 2. The number of anilines is 1. The molecule has 5 heteroatoms. The van der Waals surface area contributed by atoms with Gasteiger partial charge in [0.15, 0.2) is 0 Å². The second-order valence-corrected chi connectivity index (χ2v) is 3.88. The molecule has 0 aliphatic rings. The summed E-state index contributed by atoms with van der Waals surface area (Å²) in [5.41, 5.74) is 5.53. The molecule has 2 aromatic rings. The number of aryl methyl sites for hydroxylation is 1. The molecule has 0 saturated heterocycles. The van der Waals surface area contributed by atoms with Crippen LogP contribution in [0.1, 0.15) is 6.42 Å². The number of methoxy groups -OCH3 is 1. The first-order valence-corrected chi connectivity index (χ1v) is 5.84. The zero-order chi connectivity index (χ0) is 12.8. The number of nitrogens with two attached hydrogens (primary N) is 1. The molecular weight excluding hydrogens is 230 g/mol. The van der Waals surface area contributed by atoms with Crippen molar-refractivity contribution in [3.05, 3.63) is 36.5 Å². The lowest BCUT2D eigenvalue weighted by molar-refractivity contribution is 0.298. The van der Waals surface area contributed by atoms with Gasteiger partial charge in [-0.25, -0.2) is 0 Å². The summed E-state index contributed by atoms with van der Waals surface area (Å²) in [5, 5.41) is 4.10. The molecule has 0 fully saturated rings. The lowest BCUT2D eigenvalue weighted by Gasteiger charge is -2.07. The molecule has 96 valence electrons. The van der Waals surface area contributed by atoms with E-state index in [1.807, 2.05) is 35.1 Å². The number of aromatic nitrogens is 2. The van der Waals surface area contributed by atoms with Gasteiger partial charge in [0.2, 0.25) is 0 Å². The third-order valence-electron chi connectivity index (χ3n) is 2.52. The SMILES string of the molecule is COc1ccc(OCCCn2ccc(N)n2)cc1. The van der Waals surface area contributed by atoms with Gasteiger partial charge in [0.25, 0.3) is 0 Å². The van der Waals surface area contributed by atoms with Crippen molar-refractivity contribution in [2.24, 2.45) is 0 Å². The van der Waals surface area contributed by atoms with Crippen LogP contribution in [0.15, 0.2) is 36.5 Å². The number of nitrogens with zero attached hydrogens (tertiary/aromatic N) is 2. The molecule has 18 heavy (non-hydrogen) atoms. The Bertz CT molecular complexity index is 479. The Morgan fingerprint density at radius 3 is 2.50 bits per heavy atom. The number of benzene rings is 1. The highest BCUT2D eigenvalue weighted by atomic mass is 16.5. The van der Waals surface area contributed by atoms with E-state index in [4.69, 9.17) is 15.2 Å². The third-order valence-corrected chi connectivity index (χ3v) is 2.52. The molecular formula is C13H17N3O2. The Morgan fingerprint density at radius 2 is 1.89 bits per heavy atom. The lowest BCUT2D eigenvalue weighted by Crippen LogP contribution is -2.05. The van der Waals surface area contributed by atoms with E-state index in [2.05, 4.69) is 5.10 Å². The van der Waals surface area contributed by atoms with E-state index in [1.54, 1.807) is 13.2 Å². The summed E-state index contributed by atoms with van der Waals surface area (Å²) in [6.45, 7) is 1.44. The summed E-state index contributed by atoms with van der Waals surface area (Å²) in [7, 11) is 1.64. The summed E-state index contributed by atoms with van der Waals surface area (Å²) in [4.78, 5) is 0. The largest absolute Gasteiger partial charge is 0.497 e. The monoisotopic (exact) mass is 247 g/mol. The molecule has 0 aliphatic heterocycles. The molecule has 1 aromatic carbocycles. The van der Waals surface area contributed by atoms with Gasteiger partial charge in [-0.05, 0) is 30.3 Å². The van der Waals surface area contributed by atoms with Crippen LogP contribution in [0.25, 0.3) is 0 Å². The van der Waals surface area contributed by atoms with E-state index in [0.29, 0.717) is 12.4 Å². The molecule has 5 nitrogen and oxygen atoms in total. The first kappa shape index (κ1) is 12.3. The maximum absolute atomic E-state index is 5.61. The van der Waals surface area contributed by atoms with Crippen molar-refractivity contribution in [3.63, 3.8) is 0 Å². The summed E-state index contributed by atoms with van der Waals surface area (Å²) in [6.07, 6.45) is 2.75. The smallest absolute Gasteiger partial charge is 0.145 e. The van der Waals surface area contributed by atoms with Gasteiger partial charge < -0.3 is 15.2 Å².